The zero-order valence-electron chi connectivity index (χ0n) is 11.3. The van der Waals surface area contributed by atoms with Crippen molar-refractivity contribution < 1.29 is 9.53 Å². The second kappa shape index (κ2) is 6.19. The molecule has 9 heteroatoms. The fraction of sp³-hybridized carbons (Fsp3) is 0.500. The first kappa shape index (κ1) is 14.0. The predicted octanol–water partition coefficient (Wildman–Crippen LogP) is -0.214. The van der Waals surface area contributed by atoms with Crippen molar-refractivity contribution >= 4 is 17.2 Å². The Labute approximate surface area is 124 Å². The Hall–Kier alpha value is -2.00. The zero-order chi connectivity index (χ0) is 14.7. The van der Waals surface area contributed by atoms with E-state index in [0.29, 0.717) is 11.5 Å². The van der Waals surface area contributed by atoms with E-state index >= 15 is 0 Å². The molecule has 1 atom stereocenters. The summed E-state index contributed by atoms with van der Waals surface area (Å²) in [6.07, 6.45) is 2.05. The van der Waals surface area contributed by atoms with Crippen LogP contribution >= 0.6 is 11.3 Å². The van der Waals surface area contributed by atoms with E-state index in [9.17, 15) is 9.59 Å². The summed E-state index contributed by atoms with van der Waals surface area (Å²) in [5, 5.41) is 12.8. The molecule has 0 radical (unpaired) electrons. The Morgan fingerprint density at radius 2 is 2.43 bits per heavy atom. The van der Waals surface area contributed by atoms with Crippen LogP contribution in [0.2, 0.25) is 0 Å². The topological polar surface area (TPSA) is 91.0 Å². The molecule has 0 aromatic carbocycles. The van der Waals surface area contributed by atoms with Crippen LogP contribution in [0.4, 0.5) is 0 Å². The van der Waals surface area contributed by atoms with Gasteiger partial charge in [0.1, 0.15) is 11.5 Å². The zero-order valence-corrected chi connectivity index (χ0v) is 12.1. The quantitative estimate of drug-likeness (QED) is 0.825. The number of nitrogens with zero attached hydrogens (tertiary/aromatic N) is 4. The van der Waals surface area contributed by atoms with Crippen LogP contribution in [0.15, 0.2) is 22.3 Å². The SMILES string of the molecule is O=C(Cn1nnn(-c2cccs2)c1=O)NC[C@@H]1CCCO1. The number of amides is 1. The van der Waals surface area contributed by atoms with Gasteiger partial charge in [0.2, 0.25) is 5.91 Å². The molecule has 2 aromatic rings. The highest BCUT2D eigenvalue weighted by molar-refractivity contribution is 7.12. The number of carbonyl (C=O) groups excluding carboxylic acids is 1. The largest absolute Gasteiger partial charge is 0.376 e. The highest BCUT2D eigenvalue weighted by Crippen LogP contribution is 2.11. The monoisotopic (exact) mass is 309 g/mol. The fourth-order valence-electron chi connectivity index (χ4n) is 2.13. The number of carbonyl (C=O) groups is 1. The van der Waals surface area contributed by atoms with Crippen molar-refractivity contribution in [2.24, 2.45) is 0 Å². The van der Waals surface area contributed by atoms with Gasteiger partial charge in [0.25, 0.3) is 0 Å². The lowest BCUT2D eigenvalue weighted by Crippen LogP contribution is -2.37. The summed E-state index contributed by atoms with van der Waals surface area (Å²) < 4.78 is 7.64. The van der Waals surface area contributed by atoms with Crippen molar-refractivity contribution in [1.82, 2.24) is 25.1 Å². The molecule has 0 spiro atoms. The average molecular weight is 309 g/mol. The van der Waals surface area contributed by atoms with Gasteiger partial charge in [-0.05, 0) is 40.8 Å². The fourth-order valence-corrected chi connectivity index (χ4v) is 2.80. The molecule has 0 saturated carbocycles. The van der Waals surface area contributed by atoms with E-state index < -0.39 is 5.69 Å². The first-order valence-electron chi connectivity index (χ1n) is 6.69. The number of aromatic nitrogens is 4. The molecule has 0 aliphatic carbocycles. The summed E-state index contributed by atoms with van der Waals surface area (Å²) >= 11 is 1.38. The summed E-state index contributed by atoms with van der Waals surface area (Å²) in [5.41, 5.74) is -0.426. The Morgan fingerprint density at radius 3 is 3.14 bits per heavy atom. The molecule has 1 fully saturated rings. The van der Waals surface area contributed by atoms with Crippen LogP contribution in [0, 0.1) is 0 Å². The molecule has 21 heavy (non-hydrogen) atoms. The van der Waals surface area contributed by atoms with Crippen LogP contribution in [0.3, 0.4) is 0 Å². The standard InChI is InChI=1S/C12H15N5O3S/c18-10(13-7-9-3-1-5-20-9)8-16-12(19)17(15-14-16)11-4-2-6-21-11/h2,4,6,9H,1,3,5,7-8H2,(H,13,18)/t9-/m0/s1. The van der Waals surface area contributed by atoms with E-state index in [4.69, 9.17) is 4.74 Å². The maximum Gasteiger partial charge on any atom is 0.369 e. The van der Waals surface area contributed by atoms with Crippen molar-refractivity contribution in [2.45, 2.75) is 25.5 Å². The molecule has 2 aromatic heterocycles. The molecule has 8 nitrogen and oxygen atoms in total. The molecule has 1 aliphatic rings. The predicted molar refractivity (Wildman–Crippen MR) is 75.5 cm³/mol. The van der Waals surface area contributed by atoms with Gasteiger partial charge in [-0.15, -0.1) is 11.3 Å². The van der Waals surface area contributed by atoms with Crippen LogP contribution in [-0.4, -0.2) is 45.0 Å². The number of hydrogen-bond acceptors (Lipinski definition) is 6. The van der Waals surface area contributed by atoms with Gasteiger partial charge in [0.05, 0.1) is 6.10 Å². The van der Waals surface area contributed by atoms with Crippen LogP contribution in [-0.2, 0) is 16.1 Å². The molecule has 1 amide bonds. The molecule has 1 N–H and O–H groups in total. The molecule has 3 rings (SSSR count). The summed E-state index contributed by atoms with van der Waals surface area (Å²) in [7, 11) is 0. The van der Waals surface area contributed by atoms with Gasteiger partial charge in [-0.2, -0.15) is 9.36 Å². The Bertz CT molecular complexity index is 657. The van der Waals surface area contributed by atoms with Crippen molar-refractivity contribution in [3.8, 4) is 5.00 Å². The highest BCUT2D eigenvalue weighted by Gasteiger charge is 2.17. The maximum atomic E-state index is 12.1. The summed E-state index contributed by atoms with van der Waals surface area (Å²) in [6, 6.07) is 3.59. The van der Waals surface area contributed by atoms with Gasteiger partial charge in [-0.3, -0.25) is 4.79 Å². The van der Waals surface area contributed by atoms with E-state index in [-0.39, 0.29) is 18.6 Å². The van der Waals surface area contributed by atoms with Gasteiger partial charge in [-0.1, -0.05) is 0 Å². The van der Waals surface area contributed by atoms with Crippen molar-refractivity contribution in [3.63, 3.8) is 0 Å². The molecule has 0 unspecified atom stereocenters. The number of rotatable bonds is 5. The van der Waals surface area contributed by atoms with Crippen molar-refractivity contribution in [3.05, 3.63) is 28.0 Å². The normalized spacial score (nSPS) is 18.0. The van der Waals surface area contributed by atoms with Gasteiger partial charge >= 0.3 is 5.69 Å². The Kier molecular flexibility index (Phi) is 4.11. The molecule has 112 valence electrons. The molecule has 1 saturated heterocycles. The van der Waals surface area contributed by atoms with Crippen LogP contribution in [0.25, 0.3) is 5.00 Å². The van der Waals surface area contributed by atoms with Crippen LogP contribution in [0.1, 0.15) is 12.8 Å². The van der Waals surface area contributed by atoms with E-state index in [1.54, 1.807) is 6.07 Å². The molecule has 0 bridgehead atoms. The smallest absolute Gasteiger partial charge is 0.369 e. The number of ether oxygens (including phenoxy) is 1. The minimum Gasteiger partial charge on any atom is -0.376 e. The Morgan fingerprint density at radius 1 is 1.52 bits per heavy atom. The van der Waals surface area contributed by atoms with Gasteiger partial charge in [-0.25, -0.2) is 4.79 Å². The first-order valence-corrected chi connectivity index (χ1v) is 7.57. The Balaban J connectivity index is 1.60. The number of tetrazole rings is 1. The lowest BCUT2D eigenvalue weighted by Gasteiger charge is -2.10. The maximum absolute atomic E-state index is 12.1. The summed E-state index contributed by atoms with van der Waals surface area (Å²) in [6.45, 7) is 1.07. The molecular formula is C12H15N5O3S. The molecule has 3 heterocycles. The van der Waals surface area contributed by atoms with Crippen LogP contribution in [0.5, 0.6) is 0 Å². The van der Waals surface area contributed by atoms with E-state index in [1.165, 1.54) is 16.0 Å². The average Bonchev–Trinajstić information content (AvgIpc) is 3.19. The number of nitrogens with one attached hydrogen (secondary N) is 1. The second-order valence-electron chi connectivity index (χ2n) is 4.72. The summed E-state index contributed by atoms with van der Waals surface area (Å²) in [4.78, 5) is 23.9. The third-order valence-electron chi connectivity index (χ3n) is 3.20. The van der Waals surface area contributed by atoms with Gasteiger partial charge in [0.15, 0.2) is 0 Å². The van der Waals surface area contributed by atoms with E-state index in [2.05, 4.69) is 15.7 Å². The third-order valence-corrected chi connectivity index (χ3v) is 4.04. The first-order chi connectivity index (χ1) is 10.2. The second-order valence-corrected chi connectivity index (χ2v) is 5.65. The molecule has 1 aliphatic heterocycles. The summed E-state index contributed by atoms with van der Waals surface area (Å²) in [5.74, 6) is -0.272. The van der Waals surface area contributed by atoms with E-state index in [1.807, 2.05) is 11.4 Å². The number of hydrogen-bond donors (Lipinski definition) is 1. The van der Waals surface area contributed by atoms with Crippen LogP contribution < -0.4 is 11.0 Å². The number of thiophene rings is 1. The highest BCUT2D eigenvalue weighted by atomic mass is 32.1. The van der Waals surface area contributed by atoms with Crippen molar-refractivity contribution in [2.75, 3.05) is 13.2 Å². The third kappa shape index (κ3) is 3.19. The minimum atomic E-state index is -0.426. The molecular weight excluding hydrogens is 294 g/mol. The van der Waals surface area contributed by atoms with Gasteiger partial charge in [0, 0.05) is 13.2 Å². The lowest BCUT2D eigenvalue weighted by atomic mass is 10.2. The van der Waals surface area contributed by atoms with Gasteiger partial charge < -0.3 is 10.1 Å². The van der Waals surface area contributed by atoms with Crippen molar-refractivity contribution in [1.29, 1.82) is 0 Å². The minimum absolute atomic E-state index is 0.0764. The van der Waals surface area contributed by atoms with E-state index in [0.717, 1.165) is 24.1 Å². The lowest BCUT2D eigenvalue weighted by molar-refractivity contribution is -0.122.